The normalized spacial score (nSPS) is 10.7. The number of nitrogens with one attached hydrogen (secondary N) is 1. The Hall–Kier alpha value is -3.05. The Bertz CT molecular complexity index is 830. The van der Waals surface area contributed by atoms with E-state index in [-0.39, 0.29) is 18.3 Å². The number of hydrogen-bond donors (Lipinski definition) is 2. The lowest BCUT2D eigenvalue weighted by atomic mass is 9.99. The number of nitrogens with two attached hydrogens (primary N) is 1. The maximum atomic E-state index is 13.7. The zero-order valence-electron chi connectivity index (χ0n) is 14.0. The highest BCUT2D eigenvalue weighted by atomic mass is 19.1. The monoisotopic (exact) mass is 353 g/mol. The molecular weight excluding hydrogens is 334 g/mol. The van der Waals surface area contributed by atoms with Gasteiger partial charge in [-0.05, 0) is 12.1 Å². The molecule has 0 aromatic heterocycles. The predicted molar refractivity (Wildman–Crippen MR) is 96.5 cm³/mol. The molecule has 0 fully saturated rings. The Morgan fingerprint density at radius 1 is 0.885 bits per heavy atom. The van der Waals surface area contributed by atoms with Crippen LogP contribution in [0.2, 0.25) is 0 Å². The van der Waals surface area contributed by atoms with Crippen molar-refractivity contribution in [1.29, 1.82) is 0 Å². The van der Waals surface area contributed by atoms with Gasteiger partial charge in [-0.3, -0.25) is 4.79 Å². The van der Waals surface area contributed by atoms with Gasteiger partial charge in [0, 0.05) is 17.2 Å². The second kappa shape index (κ2) is 8.36. The van der Waals surface area contributed by atoms with Crippen LogP contribution in [-0.2, 0) is 4.79 Å². The molecule has 3 aromatic carbocycles. The molecule has 5 heteroatoms. The molecule has 0 aliphatic carbocycles. The highest BCUT2D eigenvalue weighted by Crippen LogP contribution is 2.18. The van der Waals surface area contributed by atoms with Gasteiger partial charge in [0.05, 0.1) is 5.69 Å². The summed E-state index contributed by atoms with van der Waals surface area (Å²) in [6, 6.07) is 22.6. The highest BCUT2D eigenvalue weighted by Gasteiger charge is 2.19. The van der Waals surface area contributed by atoms with E-state index >= 15 is 0 Å². The zero-order valence-corrected chi connectivity index (χ0v) is 14.0. The molecule has 0 atom stereocenters. The fraction of sp³-hybridized carbons (Fsp3) is 0.0952. The summed E-state index contributed by atoms with van der Waals surface area (Å²) in [5.41, 5.74) is 1.96. The first-order valence-electron chi connectivity index (χ1n) is 8.31. The number of benzene rings is 3. The number of anilines is 1. The number of hydrogen-bond acceptors (Lipinski definition) is 1. The van der Waals surface area contributed by atoms with E-state index < -0.39 is 17.5 Å². The van der Waals surface area contributed by atoms with Gasteiger partial charge in [-0.2, -0.15) is 0 Å². The molecule has 132 valence electrons. The average molecular weight is 353 g/mol. The molecule has 3 rings (SSSR count). The van der Waals surface area contributed by atoms with Crippen LogP contribution in [0.4, 0.5) is 14.5 Å². The number of rotatable bonds is 6. The maximum absolute atomic E-state index is 13.7. The molecule has 0 saturated carbocycles. The molecule has 3 N–H and O–H groups in total. The van der Waals surface area contributed by atoms with Crippen molar-refractivity contribution in [2.75, 3.05) is 11.9 Å². The first-order valence-corrected chi connectivity index (χ1v) is 8.31. The van der Waals surface area contributed by atoms with Gasteiger partial charge in [0.2, 0.25) is 0 Å². The standard InChI is InChI=1S/C21H18F2N2O/c22-17-11-12-18(23)19(13-17)25-20(26)14-24-21(15-7-3-1-4-8-15)16-9-5-2-6-10-16/h1-13,21,24H,14H2,(H,25,26)/p+1. The van der Waals surface area contributed by atoms with Crippen LogP contribution < -0.4 is 10.6 Å². The summed E-state index contributed by atoms with van der Waals surface area (Å²) >= 11 is 0. The number of amides is 1. The second-order valence-corrected chi connectivity index (χ2v) is 5.91. The number of quaternary nitrogens is 1. The second-order valence-electron chi connectivity index (χ2n) is 5.91. The van der Waals surface area contributed by atoms with Gasteiger partial charge >= 0.3 is 0 Å². The van der Waals surface area contributed by atoms with Crippen molar-refractivity contribution in [3.05, 3.63) is 102 Å². The third kappa shape index (κ3) is 4.52. The smallest absolute Gasteiger partial charge is 0.279 e. The van der Waals surface area contributed by atoms with Crippen LogP contribution in [0.5, 0.6) is 0 Å². The number of carbonyl (C=O) groups is 1. The number of halogens is 2. The summed E-state index contributed by atoms with van der Waals surface area (Å²) in [6.07, 6.45) is 0. The molecule has 0 radical (unpaired) electrons. The SMILES string of the molecule is O=C(C[NH2+]C(c1ccccc1)c1ccccc1)Nc1cc(F)ccc1F. The Morgan fingerprint density at radius 2 is 1.46 bits per heavy atom. The van der Waals surface area contributed by atoms with Crippen LogP contribution in [-0.4, -0.2) is 12.5 Å². The van der Waals surface area contributed by atoms with Crippen LogP contribution in [0.25, 0.3) is 0 Å². The van der Waals surface area contributed by atoms with Crippen LogP contribution in [0.1, 0.15) is 17.2 Å². The van der Waals surface area contributed by atoms with Gasteiger partial charge in [-0.1, -0.05) is 60.7 Å². The Labute approximate surface area is 150 Å². The summed E-state index contributed by atoms with van der Waals surface area (Å²) in [5.74, 6) is -1.66. The van der Waals surface area contributed by atoms with Gasteiger partial charge in [-0.25, -0.2) is 8.78 Å². The summed E-state index contributed by atoms with van der Waals surface area (Å²) in [5, 5.41) is 4.30. The molecule has 0 saturated heterocycles. The predicted octanol–water partition coefficient (Wildman–Crippen LogP) is 3.26. The van der Waals surface area contributed by atoms with Crippen molar-refractivity contribution in [1.82, 2.24) is 0 Å². The molecule has 1 amide bonds. The molecule has 3 aromatic rings. The van der Waals surface area contributed by atoms with Crippen LogP contribution >= 0.6 is 0 Å². The van der Waals surface area contributed by atoms with Crippen molar-refractivity contribution in [2.45, 2.75) is 6.04 Å². The minimum absolute atomic E-state index is 0.0690. The van der Waals surface area contributed by atoms with Crippen molar-refractivity contribution < 1.29 is 18.9 Å². The first-order chi connectivity index (χ1) is 12.6. The fourth-order valence-electron chi connectivity index (χ4n) is 2.80. The largest absolute Gasteiger partial charge is 0.328 e. The van der Waals surface area contributed by atoms with E-state index in [1.165, 1.54) is 0 Å². The van der Waals surface area contributed by atoms with E-state index in [0.29, 0.717) is 0 Å². The third-order valence-corrected chi connectivity index (χ3v) is 4.06. The first kappa shape index (κ1) is 17.8. The molecule has 0 spiro atoms. The zero-order chi connectivity index (χ0) is 18.4. The van der Waals surface area contributed by atoms with E-state index in [4.69, 9.17) is 0 Å². The Kier molecular flexibility index (Phi) is 5.71. The molecule has 3 nitrogen and oxygen atoms in total. The summed E-state index contributed by atoms with van der Waals surface area (Å²) in [7, 11) is 0. The molecular formula is C21H19F2N2O+. The van der Waals surface area contributed by atoms with E-state index in [1.54, 1.807) is 0 Å². The highest BCUT2D eigenvalue weighted by molar-refractivity contribution is 5.91. The third-order valence-electron chi connectivity index (χ3n) is 4.06. The molecule has 26 heavy (non-hydrogen) atoms. The number of carbonyl (C=O) groups excluding carboxylic acids is 1. The summed E-state index contributed by atoms with van der Waals surface area (Å²) in [6.45, 7) is 0.0738. The van der Waals surface area contributed by atoms with Crippen LogP contribution in [0.3, 0.4) is 0 Å². The molecule has 0 aliphatic heterocycles. The molecule has 0 bridgehead atoms. The lowest BCUT2D eigenvalue weighted by Crippen LogP contribution is -2.87. The fourth-order valence-corrected chi connectivity index (χ4v) is 2.80. The van der Waals surface area contributed by atoms with E-state index in [9.17, 15) is 13.6 Å². The van der Waals surface area contributed by atoms with Crippen molar-refractivity contribution in [3.63, 3.8) is 0 Å². The molecule has 0 aliphatic rings. The van der Waals surface area contributed by atoms with Crippen molar-refractivity contribution in [2.24, 2.45) is 0 Å². The minimum atomic E-state index is -0.664. The van der Waals surface area contributed by atoms with E-state index in [1.807, 2.05) is 66.0 Å². The lowest BCUT2D eigenvalue weighted by molar-refractivity contribution is -0.676. The van der Waals surface area contributed by atoms with Gasteiger partial charge in [-0.15, -0.1) is 0 Å². The van der Waals surface area contributed by atoms with Crippen molar-refractivity contribution in [3.8, 4) is 0 Å². The van der Waals surface area contributed by atoms with E-state index in [0.717, 1.165) is 29.3 Å². The van der Waals surface area contributed by atoms with Gasteiger partial charge in [0.15, 0.2) is 6.54 Å². The molecule has 0 unspecified atom stereocenters. The topological polar surface area (TPSA) is 45.7 Å². The Balaban J connectivity index is 1.72. The summed E-state index contributed by atoms with van der Waals surface area (Å²) in [4.78, 5) is 12.2. The summed E-state index contributed by atoms with van der Waals surface area (Å²) < 4.78 is 26.9. The molecule has 0 heterocycles. The maximum Gasteiger partial charge on any atom is 0.279 e. The van der Waals surface area contributed by atoms with Crippen LogP contribution in [0, 0.1) is 11.6 Å². The average Bonchev–Trinajstić information content (AvgIpc) is 2.67. The van der Waals surface area contributed by atoms with Crippen LogP contribution in [0.15, 0.2) is 78.9 Å². The van der Waals surface area contributed by atoms with Crippen molar-refractivity contribution >= 4 is 11.6 Å². The van der Waals surface area contributed by atoms with Gasteiger partial charge in [0.1, 0.15) is 17.7 Å². The Morgan fingerprint density at radius 3 is 2.04 bits per heavy atom. The quantitative estimate of drug-likeness (QED) is 0.702. The minimum Gasteiger partial charge on any atom is -0.328 e. The van der Waals surface area contributed by atoms with Gasteiger partial charge in [0.25, 0.3) is 5.91 Å². The van der Waals surface area contributed by atoms with Gasteiger partial charge < -0.3 is 10.6 Å². The van der Waals surface area contributed by atoms with E-state index in [2.05, 4.69) is 5.32 Å². The lowest BCUT2D eigenvalue weighted by Gasteiger charge is -2.16.